The van der Waals surface area contributed by atoms with Crippen LogP contribution in [0.3, 0.4) is 0 Å². The molecule has 1 rings (SSSR count). The van der Waals surface area contributed by atoms with Crippen LogP contribution in [0.1, 0.15) is 31.1 Å². The molecule has 0 saturated heterocycles. The smallest absolute Gasteiger partial charge is 0.254 e. The van der Waals surface area contributed by atoms with Crippen molar-refractivity contribution in [2.45, 2.75) is 31.7 Å². The van der Waals surface area contributed by atoms with Crippen molar-refractivity contribution in [1.29, 1.82) is 0 Å². The van der Waals surface area contributed by atoms with Crippen LogP contribution in [0, 0.1) is 11.7 Å². The number of hydrogen-bond acceptors (Lipinski definition) is 3. The molecule has 112 valence electrons. The first kappa shape index (κ1) is 16.9. The zero-order valence-electron chi connectivity index (χ0n) is 11.3. The highest BCUT2D eigenvalue weighted by Gasteiger charge is 2.22. The average molecular weight is 323 g/mol. The molecule has 1 aromatic carbocycles. The van der Waals surface area contributed by atoms with Gasteiger partial charge in [-0.25, -0.2) is 17.9 Å². The fraction of sp³-hybridized carbons (Fsp3) is 0.417. The van der Waals surface area contributed by atoms with Crippen LogP contribution in [0.4, 0.5) is 4.39 Å². The van der Waals surface area contributed by atoms with Gasteiger partial charge < -0.3 is 5.32 Å². The Kier molecular flexibility index (Phi) is 5.12. The lowest BCUT2D eigenvalue weighted by molar-refractivity contribution is 0.0926. The summed E-state index contributed by atoms with van der Waals surface area (Å²) in [5, 5.41) is 7.17. The van der Waals surface area contributed by atoms with E-state index in [2.05, 4.69) is 5.32 Å². The maximum atomic E-state index is 13.7. The molecule has 1 unspecified atom stereocenters. The standard InChI is InChI=1S/C12H16ClFN2O3S/c1-6(2)7(3)16-12(17)8-4-11(20(15,18)19)9(13)5-10(8)14/h4-7H,1-3H3,(H,16,17)(H2,15,18,19). The van der Waals surface area contributed by atoms with Crippen LogP contribution in [0.25, 0.3) is 0 Å². The molecule has 3 N–H and O–H groups in total. The van der Waals surface area contributed by atoms with Crippen LogP contribution >= 0.6 is 11.6 Å². The van der Waals surface area contributed by atoms with Gasteiger partial charge in [-0.15, -0.1) is 0 Å². The van der Waals surface area contributed by atoms with Gasteiger partial charge in [-0.1, -0.05) is 25.4 Å². The number of nitrogens with two attached hydrogens (primary N) is 1. The largest absolute Gasteiger partial charge is 0.349 e. The number of carbonyl (C=O) groups excluding carboxylic acids is 1. The monoisotopic (exact) mass is 322 g/mol. The van der Waals surface area contributed by atoms with E-state index in [0.717, 1.165) is 12.1 Å². The summed E-state index contributed by atoms with van der Waals surface area (Å²) < 4.78 is 36.4. The van der Waals surface area contributed by atoms with E-state index in [1.165, 1.54) is 0 Å². The molecular formula is C12H16ClFN2O3S. The first-order valence-electron chi connectivity index (χ1n) is 5.86. The summed E-state index contributed by atoms with van der Waals surface area (Å²) in [6.07, 6.45) is 0. The molecule has 0 heterocycles. The average Bonchev–Trinajstić information content (AvgIpc) is 2.26. The van der Waals surface area contributed by atoms with Gasteiger partial charge in [0.25, 0.3) is 5.91 Å². The van der Waals surface area contributed by atoms with Gasteiger partial charge in [-0.05, 0) is 25.0 Å². The van der Waals surface area contributed by atoms with Crippen LogP contribution < -0.4 is 10.5 Å². The number of benzene rings is 1. The summed E-state index contributed by atoms with van der Waals surface area (Å²) in [5.41, 5.74) is -0.411. The Bertz CT molecular complexity index is 632. The Labute approximate surface area is 122 Å². The van der Waals surface area contributed by atoms with Gasteiger partial charge in [0.05, 0.1) is 10.6 Å². The summed E-state index contributed by atoms with van der Waals surface area (Å²) in [5.74, 6) is -1.48. The van der Waals surface area contributed by atoms with Crippen molar-refractivity contribution in [2.24, 2.45) is 11.1 Å². The molecular weight excluding hydrogens is 307 g/mol. The molecule has 0 radical (unpaired) electrons. The quantitative estimate of drug-likeness (QED) is 0.887. The van der Waals surface area contributed by atoms with Crippen molar-refractivity contribution in [3.63, 3.8) is 0 Å². The molecule has 0 saturated carbocycles. The number of carbonyl (C=O) groups is 1. The molecule has 8 heteroatoms. The Morgan fingerprint density at radius 2 is 1.90 bits per heavy atom. The molecule has 0 fully saturated rings. The molecule has 1 aromatic rings. The lowest BCUT2D eigenvalue weighted by atomic mass is 10.1. The Morgan fingerprint density at radius 3 is 2.35 bits per heavy atom. The van der Waals surface area contributed by atoms with Crippen molar-refractivity contribution in [3.05, 3.63) is 28.5 Å². The van der Waals surface area contributed by atoms with E-state index in [9.17, 15) is 17.6 Å². The highest BCUT2D eigenvalue weighted by Crippen LogP contribution is 2.24. The summed E-state index contributed by atoms with van der Waals surface area (Å²) in [6.45, 7) is 5.54. The fourth-order valence-corrected chi connectivity index (χ4v) is 2.46. The van der Waals surface area contributed by atoms with Crippen molar-refractivity contribution >= 4 is 27.5 Å². The molecule has 20 heavy (non-hydrogen) atoms. The zero-order valence-corrected chi connectivity index (χ0v) is 12.8. The second kappa shape index (κ2) is 6.07. The van der Waals surface area contributed by atoms with E-state index in [0.29, 0.717) is 0 Å². The summed E-state index contributed by atoms with van der Waals surface area (Å²) in [4.78, 5) is 11.5. The summed E-state index contributed by atoms with van der Waals surface area (Å²) >= 11 is 5.62. The molecule has 1 amide bonds. The lowest BCUT2D eigenvalue weighted by Crippen LogP contribution is -2.36. The third-order valence-electron chi connectivity index (χ3n) is 2.93. The molecule has 0 aromatic heterocycles. The minimum atomic E-state index is -4.13. The molecule has 0 aliphatic heterocycles. The zero-order chi connectivity index (χ0) is 15.7. The van der Waals surface area contributed by atoms with Crippen molar-refractivity contribution in [3.8, 4) is 0 Å². The van der Waals surface area contributed by atoms with Gasteiger partial charge in [0.2, 0.25) is 10.0 Å². The Hall–Kier alpha value is -1.18. The number of hydrogen-bond donors (Lipinski definition) is 2. The predicted octanol–water partition coefficient (Wildman–Crippen LogP) is 1.90. The number of rotatable bonds is 4. The molecule has 0 aliphatic rings. The number of sulfonamides is 1. The second-order valence-corrected chi connectivity index (χ2v) is 6.75. The number of amides is 1. The number of halogens is 2. The third kappa shape index (κ3) is 3.91. The van der Waals surface area contributed by atoms with Crippen molar-refractivity contribution in [1.82, 2.24) is 5.32 Å². The molecule has 0 spiro atoms. The van der Waals surface area contributed by atoms with Gasteiger partial charge in [0, 0.05) is 6.04 Å². The van der Waals surface area contributed by atoms with Crippen LogP contribution in [0.2, 0.25) is 5.02 Å². The van der Waals surface area contributed by atoms with Crippen molar-refractivity contribution < 1.29 is 17.6 Å². The summed E-state index contributed by atoms with van der Waals surface area (Å²) in [7, 11) is -4.13. The number of primary sulfonamides is 1. The molecule has 0 bridgehead atoms. The van der Waals surface area contributed by atoms with Gasteiger partial charge in [0.1, 0.15) is 10.7 Å². The van der Waals surface area contributed by atoms with Crippen LogP contribution in [-0.2, 0) is 10.0 Å². The molecule has 1 atom stereocenters. The van der Waals surface area contributed by atoms with E-state index >= 15 is 0 Å². The van der Waals surface area contributed by atoms with Gasteiger partial charge >= 0.3 is 0 Å². The first-order chi connectivity index (χ1) is 9.04. The maximum absolute atomic E-state index is 13.7. The van der Waals surface area contributed by atoms with Crippen molar-refractivity contribution in [2.75, 3.05) is 0 Å². The molecule has 0 aliphatic carbocycles. The van der Waals surface area contributed by atoms with Gasteiger partial charge in [-0.2, -0.15) is 0 Å². The lowest BCUT2D eigenvalue weighted by Gasteiger charge is -2.18. The summed E-state index contributed by atoms with van der Waals surface area (Å²) in [6, 6.07) is 1.40. The SMILES string of the molecule is CC(C)C(C)NC(=O)c1cc(S(N)(=O)=O)c(Cl)cc1F. The van der Waals surface area contributed by atoms with E-state index in [4.69, 9.17) is 16.7 Å². The third-order valence-corrected chi connectivity index (χ3v) is 4.31. The second-order valence-electron chi connectivity index (χ2n) is 4.81. The van der Waals surface area contributed by atoms with Gasteiger partial charge in [0.15, 0.2) is 0 Å². The normalized spacial score (nSPS) is 13.3. The first-order valence-corrected chi connectivity index (χ1v) is 7.79. The van der Waals surface area contributed by atoms with Crippen LogP contribution in [0.15, 0.2) is 17.0 Å². The highest BCUT2D eigenvalue weighted by molar-refractivity contribution is 7.89. The van der Waals surface area contributed by atoms with Crippen LogP contribution in [0.5, 0.6) is 0 Å². The predicted molar refractivity (Wildman–Crippen MR) is 74.5 cm³/mol. The Morgan fingerprint density at radius 1 is 1.35 bits per heavy atom. The van der Waals surface area contributed by atoms with E-state index < -0.39 is 32.2 Å². The Balaban J connectivity index is 3.22. The van der Waals surface area contributed by atoms with Gasteiger partial charge in [-0.3, -0.25) is 4.79 Å². The minimum Gasteiger partial charge on any atom is -0.349 e. The highest BCUT2D eigenvalue weighted by atomic mass is 35.5. The minimum absolute atomic E-state index is 0.145. The van der Waals surface area contributed by atoms with E-state index in [1.807, 2.05) is 13.8 Å². The van der Waals surface area contributed by atoms with Crippen LogP contribution in [-0.4, -0.2) is 20.4 Å². The van der Waals surface area contributed by atoms with E-state index in [1.54, 1.807) is 6.92 Å². The fourth-order valence-electron chi connectivity index (χ4n) is 1.37. The molecule has 5 nitrogen and oxygen atoms in total. The number of nitrogens with one attached hydrogen (secondary N) is 1. The van der Waals surface area contributed by atoms with E-state index in [-0.39, 0.29) is 17.0 Å². The topological polar surface area (TPSA) is 89.3 Å². The maximum Gasteiger partial charge on any atom is 0.254 e.